The van der Waals surface area contributed by atoms with Crippen molar-refractivity contribution in [1.29, 1.82) is 0 Å². The minimum atomic E-state index is 0.245. The lowest BCUT2D eigenvalue weighted by molar-refractivity contribution is -0.269. The van der Waals surface area contributed by atoms with Crippen molar-refractivity contribution in [2.24, 2.45) is 0 Å². The fourth-order valence-electron chi connectivity index (χ4n) is 1.92. The van der Waals surface area contributed by atoms with Gasteiger partial charge in [-0.05, 0) is 31.2 Å². The lowest BCUT2D eigenvalue weighted by Crippen LogP contribution is -1.99. The lowest BCUT2D eigenvalue weighted by atomic mass is 10.0. The maximum absolute atomic E-state index is 11.4. The molecule has 1 aliphatic rings. The summed E-state index contributed by atoms with van der Waals surface area (Å²) in [6.07, 6.45) is 5.80. The van der Waals surface area contributed by atoms with Crippen LogP contribution in [0.15, 0.2) is 18.2 Å². The van der Waals surface area contributed by atoms with Crippen LogP contribution in [0.4, 0.5) is 0 Å². The molecule has 0 radical (unpaired) electrons. The van der Waals surface area contributed by atoms with E-state index in [0.29, 0.717) is 0 Å². The third kappa shape index (κ3) is 1.31. The van der Waals surface area contributed by atoms with Crippen LogP contribution in [0.1, 0.15) is 30.4 Å². The summed E-state index contributed by atoms with van der Waals surface area (Å²) in [6, 6.07) is 5.67. The molecule has 2 rings (SSSR count). The van der Waals surface area contributed by atoms with Crippen molar-refractivity contribution in [3.63, 3.8) is 0 Å². The Kier molecular flexibility index (Phi) is 2.03. The SMILES string of the molecule is [O-]c1cccc2c1CCCCC2. The first kappa shape index (κ1) is 7.66. The highest BCUT2D eigenvalue weighted by Crippen LogP contribution is 2.25. The van der Waals surface area contributed by atoms with Crippen molar-refractivity contribution in [2.45, 2.75) is 32.1 Å². The molecule has 0 aliphatic heterocycles. The zero-order chi connectivity index (χ0) is 8.39. The van der Waals surface area contributed by atoms with Gasteiger partial charge >= 0.3 is 0 Å². The molecule has 0 amide bonds. The maximum atomic E-state index is 11.4. The Hall–Kier alpha value is -0.980. The Morgan fingerprint density at radius 1 is 1.00 bits per heavy atom. The van der Waals surface area contributed by atoms with Crippen molar-refractivity contribution < 1.29 is 5.11 Å². The Bertz CT molecular complexity index is 278. The molecule has 64 valence electrons. The number of rotatable bonds is 0. The molecule has 1 aromatic carbocycles. The molecule has 0 heterocycles. The van der Waals surface area contributed by atoms with Crippen LogP contribution in [-0.2, 0) is 12.8 Å². The highest BCUT2D eigenvalue weighted by molar-refractivity contribution is 5.39. The smallest absolute Gasteiger partial charge is 0.0276 e. The third-order valence-corrected chi connectivity index (χ3v) is 2.60. The quantitative estimate of drug-likeness (QED) is 0.534. The van der Waals surface area contributed by atoms with Gasteiger partial charge in [-0.25, -0.2) is 0 Å². The maximum Gasteiger partial charge on any atom is -0.0276 e. The lowest BCUT2D eigenvalue weighted by Gasteiger charge is -2.15. The molecule has 1 aromatic rings. The normalized spacial score (nSPS) is 16.7. The molecule has 12 heavy (non-hydrogen) atoms. The zero-order valence-corrected chi connectivity index (χ0v) is 7.18. The Morgan fingerprint density at radius 2 is 1.83 bits per heavy atom. The second kappa shape index (κ2) is 3.18. The molecule has 1 aliphatic carbocycles. The summed E-state index contributed by atoms with van der Waals surface area (Å²) in [5.41, 5.74) is 2.37. The molecule has 0 bridgehead atoms. The van der Waals surface area contributed by atoms with E-state index in [0.717, 1.165) is 18.4 Å². The average molecular weight is 161 g/mol. The van der Waals surface area contributed by atoms with Crippen molar-refractivity contribution in [2.75, 3.05) is 0 Å². The first-order valence-corrected chi connectivity index (χ1v) is 4.66. The third-order valence-electron chi connectivity index (χ3n) is 2.60. The molecule has 0 spiro atoms. The zero-order valence-electron chi connectivity index (χ0n) is 7.18. The van der Waals surface area contributed by atoms with Crippen molar-refractivity contribution in [1.82, 2.24) is 0 Å². The predicted octanol–water partition coefficient (Wildman–Crippen LogP) is 2.03. The number of hydrogen-bond donors (Lipinski definition) is 0. The van der Waals surface area contributed by atoms with Gasteiger partial charge < -0.3 is 5.11 Å². The minimum Gasteiger partial charge on any atom is -0.872 e. The first-order valence-electron chi connectivity index (χ1n) is 4.66. The number of aryl methyl sites for hydroxylation is 1. The van der Waals surface area contributed by atoms with Gasteiger partial charge in [0.05, 0.1) is 0 Å². The number of fused-ring (bicyclic) bond motifs is 1. The average Bonchev–Trinajstić information content (AvgIpc) is 2.30. The summed E-state index contributed by atoms with van der Waals surface area (Å²) in [5, 5.41) is 11.4. The number of hydrogen-bond acceptors (Lipinski definition) is 1. The fourth-order valence-corrected chi connectivity index (χ4v) is 1.92. The Balaban J connectivity index is 2.42. The van der Waals surface area contributed by atoms with Crippen molar-refractivity contribution >= 4 is 0 Å². The second-order valence-corrected chi connectivity index (χ2v) is 3.45. The van der Waals surface area contributed by atoms with Crippen LogP contribution in [-0.4, -0.2) is 0 Å². The monoisotopic (exact) mass is 161 g/mol. The predicted molar refractivity (Wildman–Crippen MR) is 47.1 cm³/mol. The van der Waals surface area contributed by atoms with E-state index in [1.54, 1.807) is 6.07 Å². The van der Waals surface area contributed by atoms with E-state index in [2.05, 4.69) is 6.07 Å². The van der Waals surface area contributed by atoms with Gasteiger partial charge in [-0.15, -0.1) is 5.75 Å². The summed E-state index contributed by atoms with van der Waals surface area (Å²) >= 11 is 0. The van der Waals surface area contributed by atoms with Crippen LogP contribution in [0.2, 0.25) is 0 Å². The number of benzene rings is 1. The first-order chi connectivity index (χ1) is 5.88. The van der Waals surface area contributed by atoms with Gasteiger partial charge in [0.15, 0.2) is 0 Å². The molecule has 1 nitrogen and oxygen atoms in total. The summed E-state index contributed by atoms with van der Waals surface area (Å²) in [7, 11) is 0. The Morgan fingerprint density at radius 3 is 2.75 bits per heavy atom. The molecule has 0 aromatic heterocycles. The molecule has 0 saturated heterocycles. The van der Waals surface area contributed by atoms with Crippen LogP contribution in [0.5, 0.6) is 5.75 Å². The van der Waals surface area contributed by atoms with Crippen LogP contribution >= 0.6 is 0 Å². The molecule has 0 N–H and O–H groups in total. The minimum absolute atomic E-state index is 0.245. The van der Waals surface area contributed by atoms with Crippen LogP contribution < -0.4 is 5.11 Å². The summed E-state index contributed by atoms with van der Waals surface area (Å²) in [6.45, 7) is 0. The van der Waals surface area contributed by atoms with Crippen LogP contribution in [0.3, 0.4) is 0 Å². The van der Waals surface area contributed by atoms with E-state index in [-0.39, 0.29) is 5.75 Å². The second-order valence-electron chi connectivity index (χ2n) is 3.45. The standard InChI is InChI=1S/C11H14O/c12-11-8-4-6-9-5-2-1-3-7-10(9)11/h4,6,8,12H,1-3,5,7H2/p-1. The van der Waals surface area contributed by atoms with E-state index in [4.69, 9.17) is 0 Å². The van der Waals surface area contributed by atoms with Gasteiger partial charge in [-0.3, -0.25) is 0 Å². The molecule has 1 heteroatoms. The van der Waals surface area contributed by atoms with Gasteiger partial charge in [-0.1, -0.05) is 30.2 Å². The van der Waals surface area contributed by atoms with Crippen molar-refractivity contribution in [3.8, 4) is 5.75 Å². The topological polar surface area (TPSA) is 23.1 Å². The van der Waals surface area contributed by atoms with E-state index in [1.807, 2.05) is 6.07 Å². The molecule has 0 saturated carbocycles. The van der Waals surface area contributed by atoms with Crippen LogP contribution in [0, 0.1) is 0 Å². The van der Waals surface area contributed by atoms with Crippen molar-refractivity contribution in [3.05, 3.63) is 29.3 Å². The summed E-state index contributed by atoms with van der Waals surface area (Å²) in [5.74, 6) is 0.245. The van der Waals surface area contributed by atoms with Gasteiger partial charge in [-0.2, -0.15) is 0 Å². The summed E-state index contributed by atoms with van der Waals surface area (Å²) in [4.78, 5) is 0. The van der Waals surface area contributed by atoms with Gasteiger partial charge in [0.2, 0.25) is 0 Å². The van der Waals surface area contributed by atoms with Crippen LogP contribution in [0.25, 0.3) is 0 Å². The van der Waals surface area contributed by atoms with E-state index >= 15 is 0 Å². The van der Waals surface area contributed by atoms with E-state index in [1.165, 1.54) is 24.8 Å². The van der Waals surface area contributed by atoms with Gasteiger partial charge in [0.1, 0.15) is 0 Å². The highest BCUT2D eigenvalue weighted by atomic mass is 16.3. The van der Waals surface area contributed by atoms with E-state index < -0.39 is 0 Å². The largest absolute Gasteiger partial charge is 0.872 e. The van der Waals surface area contributed by atoms with Gasteiger partial charge in [0, 0.05) is 0 Å². The molecular weight excluding hydrogens is 148 g/mol. The Labute approximate surface area is 73.0 Å². The summed E-state index contributed by atoms with van der Waals surface area (Å²) < 4.78 is 0. The molecular formula is C11H13O-. The molecule has 0 unspecified atom stereocenters. The fraction of sp³-hybridized carbons (Fsp3) is 0.455. The van der Waals surface area contributed by atoms with E-state index in [9.17, 15) is 5.11 Å². The highest BCUT2D eigenvalue weighted by Gasteiger charge is 2.06. The molecule has 0 atom stereocenters. The van der Waals surface area contributed by atoms with Gasteiger partial charge in [0.25, 0.3) is 0 Å². The molecule has 0 fully saturated rings.